The third-order valence-corrected chi connectivity index (χ3v) is 5.45. The van der Waals surface area contributed by atoms with E-state index >= 15 is 0 Å². The summed E-state index contributed by atoms with van der Waals surface area (Å²) in [5, 5.41) is 5.40. The van der Waals surface area contributed by atoms with Gasteiger partial charge in [0.2, 0.25) is 11.8 Å². The summed E-state index contributed by atoms with van der Waals surface area (Å²) in [6.07, 6.45) is 0.210. The second-order valence-corrected chi connectivity index (χ2v) is 7.69. The van der Waals surface area contributed by atoms with E-state index in [0.29, 0.717) is 17.1 Å². The van der Waals surface area contributed by atoms with Crippen LogP contribution in [0.15, 0.2) is 48.5 Å². The van der Waals surface area contributed by atoms with Gasteiger partial charge in [-0.2, -0.15) is 0 Å². The maximum atomic E-state index is 13.1. The summed E-state index contributed by atoms with van der Waals surface area (Å²) in [7, 11) is 1.54. The van der Waals surface area contributed by atoms with Gasteiger partial charge in [-0.1, -0.05) is 30.3 Å². The number of hydrogen-bond acceptors (Lipinski definition) is 5. The van der Waals surface area contributed by atoms with Crippen molar-refractivity contribution < 1.29 is 23.9 Å². The second kappa shape index (κ2) is 7.75. The lowest BCUT2D eigenvalue weighted by atomic mass is 9.92. The monoisotopic (exact) mass is 422 g/mol. The van der Waals surface area contributed by atoms with Crippen LogP contribution in [-0.4, -0.2) is 54.4 Å². The van der Waals surface area contributed by atoms with Crippen LogP contribution in [0.5, 0.6) is 5.75 Å². The molecule has 160 valence electrons. The summed E-state index contributed by atoms with van der Waals surface area (Å²) in [5.74, 6) is -0.764. The molecule has 0 radical (unpaired) electrons. The summed E-state index contributed by atoms with van der Waals surface area (Å²) in [5.41, 5.74) is 0.570. The molecular formula is C22H22N4O5. The van der Waals surface area contributed by atoms with Crippen LogP contribution in [0.2, 0.25) is 0 Å². The lowest BCUT2D eigenvalue weighted by Crippen LogP contribution is -2.49. The van der Waals surface area contributed by atoms with Gasteiger partial charge in [0.25, 0.3) is 5.91 Å². The van der Waals surface area contributed by atoms with E-state index in [0.717, 1.165) is 10.5 Å². The number of methoxy groups -OCH3 is 1. The molecule has 5 amide bonds. The molecule has 4 rings (SSSR count). The number of nitrogens with one attached hydrogen (secondary N) is 2. The normalized spacial score (nSPS) is 20.3. The Morgan fingerprint density at radius 2 is 1.81 bits per heavy atom. The van der Waals surface area contributed by atoms with E-state index in [2.05, 4.69) is 10.6 Å². The first-order valence-electron chi connectivity index (χ1n) is 9.77. The summed E-state index contributed by atoms with van der Waals surface area (Å²) in [4.78, 5) is 52.9. The van der Waals surface area contributed by atoms with Crippen molar-refractivity contribution in [1.29, 1.82) is 0 Å². The van der Waals surface area contributed by atoms with Gasteiger partial charge in [-0.3, -0.25) is 24.2 Å². The number of amides is 5. The van der Waals surface area contributed by atoms with Crippen LogP contribution in [0, 0.1) is 0 Å². The molecule has 2 N–H and O–H groups in total. The number of urea groups is 1. The van der Waals surface area contributed by atoms with Gasteiger partial charge >= 0.3 is 6.03 Å². The predicted octanol–water partition coefficient (Wildman–Crippen LogP) is 1.53. The largest absolute Gasteiger partial charge is 0.496 e. The third kappa shape index (κ3) is 3.70. The molecule has 9 nitrogen and oxygen atoms in total. The summed E-state index contributed by atoms with van der Waals surface area (Å²) >= 11 is 0. The van der Waals surface area contributed by atoms with E-state index in [1.54, 1.807) is 37.3 Å². The van der Waals surface area contributed by atoms with Gasteiger partial charge in [0.1, 0.15) is 24.4 Å². The van der Waals surface area contributed by atoms with Crippen LogP contribution in [0.4, 0.5) is 16.2 Å². The smallest absolute Gasteiger partial charge is 0.325 e. The van der Waals surface area contributed by atoms with Crippen molar-refractivity contribution >= 4 is 35.1 Å². The zero-order valence-electron chi connectivity index (χ0n) is 17.2. The molecule has 0 saturated carbocycles. The van der Waals surface area contributed by atoms with E-state index in [1.807, 2.05) is 18.2 Å². The van der Waals surface area contributed by atoms with E-state index < -0.39 is 29.9 Å². The van der Waals surface area contributed by atoms with Crippen molar-refractivity contribution in [2.24, 2.45) is 0 Å². The number of benzene rings is 2. The van der Waals surface area contributed by atoms with Crippen LogP contribution < -0.4 is 20.3 Å². The zero-order valence-corrected chi connectivity index (χ0v) is 17.2. The van der Waals surface area contributed by atoms with Crippen molar-refractivity contribution in [2.45, 2.75) is 18.9 Å². The van der Waals surface area contributed by atoms with Gasteiger partial charge in [-0.25, -0.2) is 4.79 Å². The first kappa shape index (κ1) is 20.4. The fourth-order valence-corrected chi connectivity index (χ4v) is 3.92. The lowest BCUT2D eigenvalue weighted by Gasteiger charge is -2.30. The topological polar surface area (TPSA) is 108 Å². The fourth-order valence-electron chi connectivity index (χ4n) is 3.92. The Bertz CT molecular complexity index is 1090. The third-order valence-electron chi connectivity index (χ3n) is 5.45. The highest BCUT2D eigenvalue weighted by Gasteiger charge is 2.49. The Morgan fingerprint density at radius 1 is 1.10 bits per heavy atom. The van der Waals surface area contributed by atoms with Crippen molar-refractivity contribution in [3.8, 4) is 5.75 Å². The number of fused-ring (bicyclic) bond motifs is 1. The highest BCUT2D eigenvalue weighted by atomic mass is 16.5. The quantitative estimate of drug-likeness (QED) is 0.711. The van der Waals surface area contributed by atoms with E-state index in [4.69, 9.17) is 4.74 Å². The number of nitrogens with zero attached hydrogens (tertiary/aromatic N) is 2. The van der Waals surface area contributed by atoms with Gasteiger partial charge in [0, 0.05) is 6.42 Å². The van der Waals surface area contributed by atoms with Gasteiger partial charge in [0.05, 0.1) is 18.5 Å². The van der Waals surface area contributed by atoms with Gasteiger partial charge in [0.15, 0.2) is 0 Å². The Balaban J connectivity index is 1.53. The van der Waals surface area contributed by atoms with Crippen molar-refractivity contribution in [3.63, 3.8) is 0 Å². The Hall–Kier alpha value is -3.88. The summed E-state index contributed by atoms with van der Waals surface area (Å²) < 4.78 is 5.34. The minimum absolute atomic E-state index is 0.183. The molecule has 1 fully saturated rings. The maximum Gasteiger partial charge on any atom is 0.325 e. The zero-order chi connectivity index (χ0) is 22.2. The summed E-state index contributed by atoms with van der Waals surface area (Å²) in [6, 6.07) is 13.5. The second-order valence-electron chi connectivity index (χ2n) is 7.69. The predicted molar refractivity (Wildman–Crippen MR) is 113 cm³/mol. The number of hydrogen-bond donors (Lipinski definition) is 2. The number of carbonyl (C=O) groups is 4. The highest BCUT2D eigenvalue weighted by molar-refractivity contribution is 6.14. The molecule has 2 aliphatic rings. The molecule has 0 bridgehead atoms. The molecular weight excluding hydrogens is 400 g/mol. The molecule has 0 aliphatic carbocycles. The number of rotatable bonds is 5. The first-order valence-corrected chi connectivity index (χ1v) is 9.77. The molecule has 9 heteroatoms. The van der Waals surface area contributed by atoms with Gasteiger partial charge in [-0.15, -0.1) is 0 Å². The molecule has 1 saturated heterocycles. The van der Waals surface area contributed by atoms with Crippen molar-refractivity contribution in [1.82, 2.24) is 10.2 Å². The number of para-hydroxylation sites is 3. The number of imide groups is 1. The molecule has 0 spiro atoms. The van der Waals surface area contributed by atoms with Gasteiger partial charge in [-0.05, 0) is 30.7 Å². The van der Waals surface area contributed by atoms with Crippen LogP contribution in [0.3, 0.4) is 0 Å². The van der Waals surface area contributed by atoms with Crippen molar-refractivity contribution in [3.05, 3.63) is 54.1 Å². The molecule has 1 atom stereocenters. The van der Waals surface area contributed by atoms with Crippen molar-refractivity contribution in [2.75, 3.05) is 30.4 Å². The van der Waals surface area contributed by atoms with Crippen LogP contribution in [0.25, 0.3) is 0 Å². The standard InChI is InChI=1S/C22H22N4O5/c1-22(11-14-7-3-6-10-17(14)31-2)20(29)26(21(30)24-22)13-19(28)25-12-18(27)23-15-8-4-5-9-16(15)25/h3-10H,11-13H2,1-2H3,(H,23,27)(H,24,30)/t22-/m0/s1. The first-order chi connectivity index (χ1) is 14.8. The average molecular weight is 422 g/mol. The molecule has 2 aromatic carbocycles. The van der Waals surface area contributed by atoms with E-state index in [-0.39, 0.29) is 18.9 Å². The summed E-state index contributed by atoms with van der Waals surface area (Å²) in [6.45, 7) is 0.972. The number of anilines is 2. The minimum Gasteiger partial charge on any atom is -0.496 e. The Labute approximate surface area is 179 Å². The van der Waals surface area contributed by atoms with Gasteiger partial charge < -0.3 is 15.4 Å². The van der Waals surface area contributed by atoms with Crippen LogP contribution in [-0.2, 0) is 20.8 Å². The minimum atomic E-state index is -1.22. The fraction of sp³-hybridized carbons (Fsp3) is 0.273. The molecule has 2 aromatic rings. The molecule has 31 heavy (non-hydrogen) atoms. The number of carbonyl (C=O) groups excluding carboxylic acids is 4. The van der Waals surface area contributed by atoms with E-state index in [9.17, 15) is 19.2 Å². The average Bonchev–Trinajstić information content (AvgIpc) is 2.96. The molecule has 2 heterocycles. The SMILES string of the molecule is COc1ccccc1C[C@]1(C)NC(=O)N(CC(=O)N2CC(=O)Nc3ccccc32)C1=O. The van der Waals surface area contributed by atoms with Crippen LogP contribution >= 0.6 is 0 Å². The Kier molecular flexibility index (Phi) is 5.10. The lowest BCUT2D eigenvalue weighted by molar-refractivity contribution is -0.134. The van der Waals surface area contributed by atoms with Crippen LogP contribution in [0.1, 0.15) is 12.5 Å². The maximum absolute atomic E-state index is 13.1. The highest BCUT2D eigenvalue weighted by Crippen LogP contribution is 2.30. The Morgan fingerprint density at radius 3 is 2.58 bits per heavy atom. The molecule has 2 aliphatic heterocycles. The molecule has 0 aromatic heterocycles. The van der Waals surface area contributed by atoms with E-state index in [1.165, 1.54) is 12.0 Å². The number of ether oxygens (including phenoxy) is 1. The molecule has 0 unspecified atom stereocenters.